The highest BCUT2D eigenvalue weighted by molar-refractivity contribution is 5.82. The molecule has 0 spiro atoms. The minimum atomic E-state index is 0.423. The Morgan fingerprint density at radius 2 is 1.82 bits per heavy atom. The number of hydrogen-bond donors (Lipinski definition) is 0. The molecule has 3 aromatic rings. The van der Waals surface area contributed by atoms with Gasteiger partial charge in [-0.15, -0.1) is 0 Å². The molecule has 4 nitrogen and oxygen atoms in total. The zero-order valence-corrected chi connectivity index (χ0v) is 12.3. The van der Waals surface area contributed by atoms with Crippen molar-refractivity contribution in [1.82, 2.24) is 4.98 Å². The van der Waals surface area contributed by atoms with Gasteiger partial charge in [-0.2, -0.15) is 5.26 Å². The molecule has 0 aliphatic heterocycles. The van der Waals surface area contributed by atoms with Crippen LogP contribution in [0.2, 0.25) is 0 Å². The van der Waals surface area contributed by atoms with Crippen LogP contribution in [0.3, 0.4) is 0 Å². The van der Waals surface area contributed by atoms with Crippen LogP contribution in [0.25, 0.3) is 22.2 Å². The van der Waals surface area contributed by atoms with Crippen molar-refractivity contribution in [2.24, 2.45) is 0 Å². The van der Waals surface area contributed by atoms with Crippen molar-refractivity contribution in [2.75, 3.05) is 14.2 Å². The molecule has 0 unspecified atom stereocenters. The molecule has 0 saturated carbocycles. The first kappa shape index (κ1) is 13.9. The lowest BCUT2D eigenvalue weighted by Crippen LogP contribution is -1.95. The van der Waals surface area contributed by atoms with Crippen LogP contribution in [-0.4, -0.2) is 19.2 Å². The zero-order chi connectivity index (χ0) is 15.5. The molecule has 0 radical (unpaired) electrons. The summed E-state index contributed by atoms with van der Waals surface area (Å²) in [6, 6.07) is 17.6. The Kier molecular flexibility index (Phi) is 3.63. The summed E-state index contributed by atoms with van der Waals surface area (Å²) in [5.41, 5.74) is 2.94. The highest BCUT2D eigenvalue weighted by atomic mass is 16.5. The Bertz CT molecular complexity index is 882. The number of nitriles is 1. The lowest BCUT2D eigenvalue weighted by atomic mass is 10.0. The number of rotatable bonds is 3. The van der Waals surface area contributed by atoms with Crippen LogP contribution < -0.4 is 9.47 Å². The van der Waals surface area contributed by atoms with Crippen LogP contribution >= 0.6 is 0 Å². The van der Waals surface area contributed by atoms with Crippen LogP contribution in [0.1, 0.15) is 5.56 Å². The molecular formula is C18H14N2O2. The third-order valence-corrected chi connectivity index (χ3v) is 3.49. The van der Waals surface area contributed by atoms with Gasteiger partial charge in [0.25, 0.3) is 0 Å². The van der Waals surface area contributed by atoms with E-state index in [2.05, 4.69) is 11.1 Å². The van der Waals surface area contributed by atoms with Crippen molar-refractivity contribution in [3.8, 4) is 28.8 Å². The molecule has 108 valence electrons. The van der Waals surface area contributed by atoms with E-state index < -0.39 is 0 Å². The first-order valence-corrected chi connectivity index (χ1v) is 6.79. The summed E-state index contributed by atoms with van der Waals surface area (Å²) in [5, 5.41) is 10.4. The summed E-state index contributed by atoms with van der Waals surface area (Å²) in [7, 11) is 3.07. The Morgan fingerprint density at radius 1 is 1.00 bits per heavy atom. The monoisotopic (exact) mass is 290 g/mol. The Hall–Kier alpha value is -3.06. The SMILES string of the molecule is COc1cc(-c2ccc3ccccc3n2)cc(C#N)c1OC. The van der Waals surface area contributed by atoms with E-state index in [4.69, 9.17) is 9.47 Å². The van der Waals surface area contributed by atoms with Gasteiger partial charge in [0.05, 0.1) is 31.0 Å². The molecule has 0 aliphatic rings. The Labute approximate surface area is 128 Å². The van der Waals surface area contributed by atoms with Crippen LogP contribution in [0, 0.1) is 11.3 Å². The normalized spacial score (nSPS) is 10.2. The molecule has 4 heteroatoms. The van der Waals surface area contributed by atoms with Gasteiger partial charge in [-0.3, -0.25) is 0 Å². The average molecular weight is 290 g/mol. The van der Waals surface area contributed by atoms with Crippen molar-refractivity contribution in [2.45, 2.75) is 0 Å². The van der Waals surface area contributed by atoms with Gasteiger partial charge in [0.2, 0.25) is 0 Å². The predicted molar refractivity (Wildman–Crippen MR) is 85.0 cm³/mol. The van der Waals surface area contributed by atoms with E-state index in [0.717, 1.165) is 22.2 Å². The summed E-state index contributed by atoms with van der Waals surface area (Å²) in [6.45, 7) is 0. The van der Waals surface area contributed by atoms with Gasteiger partial charge in [-0.05, 0) is 24.3 Å². The molecule has 3 rings (SSSR count). The molecule has 0 N–H and O–H groups in total. The van der Waals surface area contributed by atoms with Crippen molar-refractivity contribution in [3.63, 3.8) is 0 Å². The lowest BCUT2D eigenvalue weighted by molar-refractivity contribution is 0.354. The van der Waals surface area contributed by atoms with Gasteiger partial charge in [-0.25, -0.2) is 4.98 Å². The molecule has 0 fully saturated rings. The standard InChI is InChI=1S/C18H14N2O2/c1-21-17-10-13(9-14(11-19)18(17)22-2)16-8-7-12-5-3-4-6-15(12)20-16/h3-10H,1-2H3. The number of methoxy groups -OCH3 is 2. The van der Waals surface area contributed by atoms with Gasteiger partial charge < -0.3 is 9.47 Å². The average Bonchev–Trinajstić information content (AvgIpc) is 2.59. The molecule has 0 aliphatic carbocycles. The van der Waals surface area contributed by atoms with E-state index in [1.807, 2.05) is 42.5 Å². The third kappa shape index (κ3) is 2.33. The second-order valence-corrected chi connectivity index (χ2v) is 4.76. The molecule has 0 atom stereocenters. The first-order chi connectivity index (χ1) is 10.8. The first-order valence-electron chi connectivity index (χ1n) is 6.79. The summed E-state index contributed by atoms with van der Waals surface area (Å²) in [4.78, 5) is 4.65. The van der Waals surface area contributed by atoms with Crippen molar-refractivity contribution >= 4 is 10.9 Å². The van der Waals surface area contributed by atoms with E-state index >= 15 is 0 Å². The highest BCUT2D eigenvalue weighted by Gasteiger charge is 2.14. The van der Waals surface area contributed by atoms with Crippen LogP contribution in [-0.2, 0) is 0 Å². The van der Waals surface area contributed by atoms with Crippen molar-refractivity contribution < 1.29 is 9.47 Å². The maximum Gasteiger partial charge on any atom is 0.178 e. The Morgan fingerprint density at radius 3 is 2.55 bits per heavy atom. The molecular weight excluding hydrogens is 276 g/mol. The van der Waals surface area contributed by atoms with Crippen molar-refractivity contribution in [3.05, 3.63) is 54.1 Å². The summed E-state index contributed by atoms with van der Waals surface area (Å²) in [6.07, 6.45) is 0. The molecule has 2 aromatic carbocycles. The largest absolute Gasteiger partial charge is 0.493 e. The molecule has 0 amide bonds. The number of pyridine rings is 1. The maximum absolute atomic E-state index is 9.31. The van der Waals surface area contributed by atoms with E-state index in [-0.39, 0.29) is 0 Å². The maximum atomic E-state index is 9.31. The minimum Gasteiger partial charge on any atom is -0.493 e. The number of para-hydroxylation sites is 1. The smallest absolute Gasteiger partial charge is 0.178 e. The van der Waals surface area contributed by atoms with E-state index in [0.29, 0.717) is 17.1 Å². The van der Waals surface area contributed by atoms with Gasteiger partial charge in [0.15, 0.2) is 11.5 Å². The molecule has 22 heavy (non-hydrogen) atoms. The predicted octanol–water partition coefficient (Wildman–Crippen LogP) is 3.79. The van der Waals surface area contributed by atoms with Gasteiger partial charge in [0, 0.05) is 10.9 Å². The summed E-state index contributed by atoms with van der Waals surface area (Å²) in [5.74, 6) is 0.959. The fraction of sp³-hybridized carbons (Fsp3) is 0.111. The number of ether oxygens (including phenoxy) is 2. The van der Waals surface area contributed by atoms with Crippen LogP contribution in [0.5, 0.6) is 11.5 Å². The minimum absolute atomic E-state index is 0.423. The molecule has 1 heterocycles. The second kappa shape index (κ2) is 5.74. The molecule has 0 bridgehead atoms. The topological polar surface area (TPSA) is 55.1 Å². The molecule has 0 saturated heterocycles. The summed E-state index contributed by atoms with van der Waals surface area (Å²) < 4.78 is 10.6. The number of fused-ring (bicyclic) bond motifs is 1. The van der Waals surface area contributed by atoms with Crippen LogP contribution in [0.15, 0.2) is 48.5 Å². The quantitative estimate of drug-likeness (QED) is 0.736. The second-order valence-electron chi connectivity index (χ2n) is 4.76. The van der Waals surface area contributed by atoms with E-state index in [1.54, 1.807) is 13.2 Å². The van der Waals surface area contributed by atoms with Crippen molar-refractivity contribution in [1.29, 1.82) is 5.26 Å². The van der Waals surface area contributed by atoms with E-state index in [1.165, 1.54) is 7.11 Å². The lowest BCUT2D eigenvalue weighted by Gasteiger charge is -2.11. The highest BCUT2D eigenvalue weighted by Crippen LogP contribution is 2.35. The van der Waals surface area contributed by atoms with Crippen LogP contribution in [0.4, 0.5) is 0 Å². The number of aromatic nitrogens is 1. The number of benzene rings is 2. The Balaban J connectivity index is 2.19. The fourth-order valence-corrected chi connectivity index (χ4v) is 2.42. The van der Waals surface area contributed by atoms with E-state index in [9.17, 15) is 5.26 Å². The van der Waals surface area contributed by atoms with Gasteiger partial charge >= 0.3 is 0 Å². The number of hydrogen-bond acceptors (Lipinski definition) is 4. The summed E-state index contributed by atoms with van der Waals surface area (Å²) >= 11 is 0. The zero-order valence-electron chi connectivity index (χ0n) is 12.3. The third-order valence-electron chi connectivity index (χ3n) is 3.49. The number of nitrogens with zero attached hydrogens (tertiary/aromatic N) is 2. The van der Waals surface area contributed by atoms with Gasteiger partial charge in [0.1, 0.15) is 6.07 Å². The van der Waals surface area contributed by atoms with Gasteiger partial charge in [-0.1, -0.05) is 24.3 Å². The molecule has 1 aromatic heterocycles. The fourth-order valence-electron chi connectivity index (χ4n) is 2.42.